The molecule has 1 atom stereocenters. The number of nitrogens with zero attached hydrogens (tertiary/aromatic N) is 3. The normalized spacial score (nSPS) is 22.7. The van der Waals surface area contributed by atoms with E-state index in [1.165, 1.54) is 0 Å². The molecule has 6 nitrogen and oxygen atoms in total. The Morgan fingerprint density at radius 1 is 1.53 bits per heavy atom. The zero-order chi connectivity index (χ0) is 13.6. The number of halogens is 1. The van der Waals surface area contributed by atoms with Crippen LogP contribution in [0.5, 0.6) is 0 Å². The molecule has 0 spiro atoms. The van der Waals surface area contributed by atoms with E-state index in [4.69, 9.17) is 4.74 Å². The number of ether oxygens (including phenoxy) is 1. The lowest BCUT2D eigenvalue weighted by Crippen LogP contribution is -2.57. The Kier molecular flexibility index (Phi) is 3.26. The monoisotopic (exact) mass is 328 g/mol. The first kappa shape index (κ1) is 12.9. The summed E-state index contributed by atoms with van der Waals surface area (Å²) in [5.41, 5.74) is 2.10. The molecule has 1 N–H and O–H groups in total. The van der Waals surface area contributed by atoms with Crippen molar-refractivity contribution < 1.29 is 9.53 Å². The summed E-state index contributed by atoms with van der Waals surface area (Å²) in [6.07, 6.45) is 0.951. The molecule has 2 aliphatic rings. The van der Waals surface area contributed by atoms with Crippen molar-refractivity contribution in [1.29, 1.82) is 0 Å². The number of likely N-dealkylation sites (tertiary alicyclic amines) is 1. The number of rotatable bonds is 2. The van der Waals surface area contributed by atoms with E-state index in [2.05, 4.69) is 26.3 Å². The second-order valence-electron chi connectivity index (χ2n) is 5.12. The molecule has 3 rings (SSSR count). The Bertz CT molecular complexity index is 510. The lowest BCUT2D eigenvalue weighted by molar-refractivity contribution is -0.147. The second-order valence-corrected chi connectivity index (χ2v) is 5.87. The summed E-state index contributed by atoms with van der Waals surface area (Å²) in [7, 11) is 3.59. The maximum absolute atomic E-state index is 12.4. The topological polar surface area (TPSA) is 59.4 Å². The van der Waals surface area contributed by atoms with Crippen LogP contribution < -0.4 is 5.32 Å². The number of nitrogens with one attached hydrogen (secondary N) is 1. The average Bonchev–Trinajstić information content (AvgIpc) is 2.63. The molecule has 1 aromatic heterocycles. The Morgan fingerprint density at radius 3 is 2.95 bits per heavy atom. The fraction of sp³-hybridized carbons (Fsp3) is 0.667. The standard InChI is InChI=1S/C12H17BrN4O2/c1-16-9-3-7(4-14-10(9)11(13)15-16)12(18)17-5-8(6-17)19-2/h7-8,14H,3-6H2,1-2H3. The van der Waals surface area contributed by atoms with Crippen molar-refractivity contribution in [3.05, 3.63) is 10.3 Å². The molecular formula is C12H17BrN4O2. The zero-order valence-corrected chi connectivity index (χ0v) is 12.6. The Morgan fingerprint density at radius 2 is 2.26 bits per heavy atom. The first-order valence-corrected chi connectivity index (χ1v) is 7.16. The van der Waals surface area contributed by atoms with Gasteiger partial charge in [0.25, 0.3) is 0 Å². The number of carbonyl (C=O) groups is 1. The van der Waals surface area contributed by atoms with Gasteiger partial charge in [-0.3, -0.25) is 9.48 Å². The van der Waals surface area contributed by atoms with Gasteiger partial charge in [0.05, 0.1) is 23.4 Å². The second kappa shape index (κ2) is 4.79. The molecule has 7 heteroatoms. The van der Waals surface area contributed by atoms with Crippen LogP contribution in [0.1, 0.15) is 5.69 Å². The minimum Gasteiger partial charge on any atom is -0.381 e. The Balaban J connectivity index is 1.69. The summed E-state index contributed by atoms with van der Waals surface area (Å²) in [4.78, 5) is 14.2. The van der Waals surface area contributed by atoms with Crippen molar-refractivity contribution >= 4 is 27.5 Å². The van der Waals surface area contributed by atoms with E-state index in [-0.39, 0.29) is 17.9 Å². The number of fused-ring (bicyclic) bond motifs is 1. The summed E-state index contributed by atoms with van der Waals surface area (Å²) < 4.78 is 7.85. The summed E-state index contributed by atoms with van der Waals surface area (Å²) in [5, 5.41) is 7.62. The molecule has 0 aromatic carbocycles. The summed E-state index contributed by atoms with van der Waals surface area (Å²) in [6, 6.07) is 0. The fourth-order valence-electron chi connectivity index (χ4n) is 2.66. The van der Waals surface area contributed by atoms with Gasteiger partial charge in [-0.25, -0.2) is 0 Å². The van der Waals surface area contributed by atoms with Crippen LogP contribution in [0.25, 0.3) is 0 Å². The van der Waals surface area contributed by atoms with E-state index in [1.54, 1.807) is 7.11 Å². The number of aryl methyl sites for hydroxylation is 1. The van der Waals surface area contributed by atoms with E-state index in [9.17, 15) is 4.79 Å². The number of hydrogen-bond donors (Lipinski definition) is 1. The highest BCUT2D eigenvalue weighted by atomic mass is 79.9. The molecule has 0 bridgehead atoms. The highest BCUT2D eigenvalue weighted by Crippen LogP contribution is 2.32. The molecule has 2 aliphatic heterocycles. The van der Waals surface area contributed by atoms with Crippen LogP contribution in [0.2, 0.25) is 0 Å². The number of amides is 1. The minimum absolute atomic E-state index is 0.00685. The van der Waals surface area contributed by atoms with Gasteiger partial charge in [0, 0.05) is 40.2 Å². The van der Waals surface area contributed by atoms with Crippen molar-refractivity contribution in [2.24, 2.45) is 13.0 Å². The van der Waals surface area contributed by atoms with Crippen molar-refractivity contribution in [2.75, 3.05) is 32.1 Å². The lowest BCUT2D eigenvalue weighted by Gasteiger charge is -2.40. The molecule has 104 valence electrons. The van der Waals surface area contributed by atoms with Gasteiger partial charge in [0.1, 0.15) is 0 Å². The number of carbonyl (C=O) groups excluding carboxylic acids is 1. The first-order chi connectivity index (χ1) is 9.10. The molecule has 3 heterocycles. The van der Waals surface area contributed by atoms with Crippen molar-refractivity contribution in [1.82, 2.24) is 14.7 Å². The van der Waals surface area contributed by atoms with Crippen LogP contribution in [-0.2, 0) is 23.0 Å². The van der Waals surface area contributed by atoms with Crippen LogP contribution in [0, 0.1) is 5.92 Å². The van der Waals surface area contributed by atoms with Gasteiger partial charge < -0.3 is 15.0 Å². The van der Waals surface area contributed by atoms with Gasteiger partial charge in [-0.1, -0.05) is 0 Å². The number of methoxy groups -OCH3 is 1. The number of aromatic nitrogens is 2. The summed E-state index contributed by atoms with van der Waals surface area (Å²) in [6.45, 7) is 2.10. The van der Waals surface area contributed by atoms with Crippen molar-refractivity contribution in [3.63, 3.8) is 0 Å². The molecular weight excluding hydrogens is 312 g/mol. The van der Waals surface area contributed by atoms with Crippen molar-refractivity contribution in [3.8, 4) is 0 Å². The zero-order valence-electron chi connectivity index (χ0n) is 11.0. The van der Waals surface area contributed by atoms with Gasteiger partial charge >= 0.3 is 0 Å². The molecule has 0 aliphatic carbocycles. The van der Waals surface area contributed by atoms with Gasteiger partial charge in [-0.05, 0) is 15.9 Å². The summed E-state index contributed by atoms with van der Waals surface area (Å²) >= 11 is 3.42. The molecule has 1 unspecified atom stereocenters. The van der Waals surface area contributed by atoms with Crippen LogP contribution in [0.4, 0.5) is 5.69 Å². The van der Waals surface area contributed by atoms with Crippen LogP contribution in [0.15, 0.2) is 4.60 Å². The molecule has 19 heavy (non-hydrogen) atoms. The van der Waals surface area contributed by atoms with Gasteiger partial charge in [0.2, 0.25) is 5.91 Å². The van der Waals surface area contributed by atoms with E-state index in [1.807, 2.05) is 16.6 Å². The third-order valence-corrected chi connectivity index (χ3v) is 4.49. The predicted octanol–water partition coefficient (Wildman–Crippen LogP) is 0.624. The van der Waals surface area contributed by atoms with E-state index in [0.717, 1.165) is 22.4 Å². The lowest BCUT2D eigenvalue weighted by atomic mass is 9.95. The van der Waals surface area contributed by atoms with Crippen LogP contribution in [-0.4, -0.2) is 53.4 Å². The smallest absolute Gasteiger partial charge is 0.228 e. The molecule has 1 fully saturated rings. The largest absolute Gasteiger partial charge is 0.381 e. The number of hydrogen-bond acceptors (Lipinski definition) is 4. The Labute approximate surface area is 120 Å². The third kappa shape index (κ3) is 2.14. The van der Waals surface area contributed by atoms with Crippen molar-refractivity contribution in [2.45, 2.75) is 12.5 Å². The minimum atomic E-state index is -0.00685. The Hall–Kier alpha value is -1.08. The average molecular weight is 329 g/mol. The predicted molar refractivity (Wildman–Crippen MR) is 74.0 cm³/mol. The molecule has 1 amide bonds. The highest BCUT2D eigenvalue weighted by molar-refractivity contribution is 9.10. The quantitative estimate of drug-likeness (QED) is 0.864. The third-order valence-electron chi connectivity index (χ3n) is 3.93. The first-order valence-electron chi connectivity index (χ1n) is 6.37. The summed E-state index contributed by atoms with van der Waals surface area (Å²) in [5.74, 6) is 0.205. The maximum Gasteiger partial charge on any atom is 0.228 e. The van der Waals surface area contributed by atoms with Crippen LogP contribution >= 0.6 is 15.9 Å². The van der Waals surface area contributed by atoms with E-state index in [0.29, 0.717) is 19.6 Å². The molecule has 0 radical (unpaired) electrons. The van der Waals surface area contributed by atoms with Gasteiger partial charge in [-0.2, -0.15) is 5.10 Å². The molecule has 1 aromatic rings. The van der Waals surface area contributed by atoms with E-state index >= 15 is 0 Å². The van der Waals surface area contributed by atoms with Gasteiger partial charge in [-0.15, -0.1) is 0 Å². The maximum atomic E-state index is 12.4. The van der Waals surface area contributed by atoms with Gasteiger partial charge in [0.15, 0.2) is 4.60 Å². The highest BCUT2D eigenvalue weighted by Gasteiger charge is 2.37. The number of anilines is 1. The fourth-order valence-corrected chi connectivity index (χ4v) is 3.27. The van der Waals surface area contributed by atoms with Crippen LogP contribution in [0.3, 0.4) is 0 Å². The van der Waals surface area contributed by atoms with E-state index < -0.39 is 0 Å². The SMILES string of the molecule is COC1CN(C(=O)C2CNc3c(Br)nn(C)c3C2)C1. The molecule has 0 saturated carbocycles. The molecule has 1 saturated heterocycles.